The zero-order valence-corrected chi connectivity index (χ0v) is 11.3. The van der Waals surface area contributed by atoms with Crippen LogP contribution in [0.1, 0.15) is 18.4 Å². The highest BCUT2D eigenvalue weighted by Gasteiger charge is 1.96. The second kappa shape index (κ2) is 8.14. The highest BCUT2D eigenvalue weighted by Crippen LogP contribution is 2.21. The van der Waals surface area contributed by atoms with Gasteiger partial charge in [-0.2, -0.15) is 0 Å². The first-order chi connectivity index (χ1) is 8.63. The number of hydrogen-bond acceptors (Lipinski definition) is 3. The van der Waals surface area contributed by atoms with Gasteiger partial charge in [0.25, 0.3) is 0 Å². The Hall–Kier alpha value is -1.03. The molecule has 18 heavy (non-hydrogen) atoms. The first-order valence-electron chi connectivity index (χ1n) is 5.59. The Morgan fingerprint density at radius 2 is 2.11 bits per heavy atom. The van der Waals surface area contributed by atoms with Gasteiger partial charge in [-0.25, -0.2) is 0 Å². The van der Waals surface area contributed by atoms with Gasteiger partial charge in [-0.3, -0.25) is 0 Å². The number of nitrogens with zero attached hydrogens (tertiary/aromatic N) is 1. The SMILES string of the molecule is [O-]C(C=Cc1ccc(Cl)cc1Cl)=NCCCCO. The average Bonchev–Trinajstić information content (AvgIpc) is 2.33. The van der Waals surface area contributed by atoms with Gasteiger partial charge in [0.2, 0.25) is 0 Å². The normalized spacial score (nSPS) is 12.3. The van der Waals surface area contributed by atoms with E-state index >= 15 is 0 Å². The van der Waals surface area contributed by atoms with E-state index in [1.165, 1.54) is 6.08 Å². The summed E-state index contributed by atoms with van der Waals surface area (Å²) < 4.78 is 0. The van der Waals surface area contributed by atoms with Crippen LogP contribution < -0.4 is 5.11 Å². The largest absolute Gasteiger partial charge is 0.859 e. The van der Waals surface area contributed by atoms with Crippen LogP contribution in [0.25, 0.3) is 6.08 Å². The number of halogens is 2. The maximum atomic E-state index is 11.4. The standard InChI is InChI=1S/C13H15Cl2NO2/c14-11-5-3-10(12(15)9-11)4-6-13(18)16-7-1-2-8-17/h3-6,9,17H,1-2,7-8H2,(H,16,18)/p-1. The van der Waals surface area contributed by atoms with Crippen LogP contribution in [0, 0.1) is 0 Å². The van der Waals surface area contributed by atoms with Crippen molar-refractivity contribution in [3.8, 4) is 0 Å². The quantitative estimate of drug-likeness (QED) is 0.496. The summed E-state index contributed by atoms with van der Waals surface area (Å²) in [6, 6.07) is 5.06. The molecule has 0 aromatic heterocycles. The predicted octanol–water partition coefficient (Wildman–Crippen LogP) is 2.54. The van der Waals surface area contributed by atoms with Crippen molar-refractivity contribution in [3.05, 3.63) is 39.9 Å². The number of aliphatic hydroxyl groups excluding tert-OH is 1. The van der Waals surface area contributed by atoms with E-state index < -0.39 is 0 Å². The second-order valence-corrected chi connectivity index (χ2v) is 4.49. The molecule has 0 fully saturated rings. The first kappa shape index (κ1) is 15.0. The lowest BCUT2D eigenvalue weighted by molar-refractivity contribution is -0.212. The third kappa shape index (κ3) is 5.54. The summed E-state index contributed by atoms with van der Waals surface area (Å²) in [4.78, 5) is 3.82. The van der Waals surface area contributed by atoms with E-state index in [2.05, 4.69) is 4.99 Å². The Bertz CT molecular complexity index is 445. The summed E-state index contributed by atoms with van der Waals surface area (Å²) in [5.74, 6) is -0.307. The van der Waals surface area contributed by atoms with Gasteiger partial charge in [-0.05, 0) is 36.4 Å². The van der Waals surface area contributed by atoms with Crippen LogP contribution in [-0.4, -0.2) is 24.2 Å². The fourth-order valence-corrected chi connectivity index (χ4v) is 1.73. The van der Waals surface area contributed by atoms with E-state index in [9.17, 15) is 5.11 Å². The molecule has 0 amide bonds. The van der Waals surface area contributed by atoms with Gasteiger partial charge in [-0.15, -0.1) is 0 Å². The minimum atomic E-state index is -0.307. The lowest BCUT2D eigenvalue weighted by Crippen LogP contribution is -2.14. The van der Waals surface area contributed by atoms with Crippen LogP contribution in [0.4, 0.5) is 0 Å². The third-order valence-electron chi connectivity index (χ3n) is 2.20. The zero-order valence-electron chi connectivity index (χ0n) is 9.77. The summed E-state index contributed by atoms with van der Waals surface area (Å²) >= 11 is 11.7. The maximum Gasteiger partial charge on any atom is 0.0493 e. The molecule has 1 aromatic rings. The van der Waals surface area contributed by atoms with E-state index in [1.807, 2.05) is 0 Å². The number of benzene rings is 1. The van der Waals surface area contributed by atoms with Gasteiger partial charge >= 0.3 is 0 Å². The molecule has 1 N–H and O–H groups in total. The van der Waals surface area contributed by atoms with Gasteiger partial charge in [-0.1, -0.05) is 41.4 Å². The van der Waals surface area contributed by atoms with Crippen molar-refractivity contribution >= 4 is 35.2 Å². The van der Waals surface area contributed by atoms with Crippen LogP contribution in [0.5, 0.6) is 0 Å². The fourth-order valence-electron chi connectivity index (χ4n) is 1.26. The average molecular weight is 287 g/mol. The van der Waals surface area contributed by atoms with Crippen molar-refractivity contribution < 1.29 is 10.2 Å². The molecule has 0 heterocycles. The molecule has 0 radical (unpaired) electrons. The van der Waals surface area contributed by atoms with Gasteiger partial charge in [0, 0.05) is 23.2 Å². The van der Waals surface area contributed by atoms with Crippen LogP contribution in [-0.2, 0) is 0 Å². The second-order valence-electron chi connectivity index (χ2n) is 3.65. The first-order valence-corrected chi connectivity index (χ1v) is 6.34. The summed E-state index contributed by atoms with van der Waals surface area (Å²) in [5, 5.41) is 21.0. The van der Waals surface area contributed by atoms with Crippen molar-refractivity contribution in [2.75, 3.05) is 13.2 Å². The van der Waals surface area contributed by atoms with Crippen molar-refractivity contribution in [1.29, 1.82) is 0 Å². The molecule has 5 heteroatoms. The number of aliphatic imine (C=N–C) groups is 1. The highest BCUT2D eigenvalue weighted by atomic mass is 35.5. The van der Waals surface area contributed by atoms with Gasteiger partial charge in [0.15, 0.2) is 0 Å². The number of unbranched alkanes of at least 4 members (excludes halogenated alkanes) is 1. The molecule has 0 spiro atoms. The Morgan fingerprint density at radius 3 is 2.78 bits per heavy atom. The van der Waals surface area contributed by atoms with Crippen molar-refractivity contribution in [2.45, 2.75) is 12.8 Å². The predicted molar refractivity (Wildman–Crippen MR) is 74.1 cm³/mol. The molecule has 1 aromatic carbocycles. The molecule has 0 unspecified atom stereocenters. The van der Waals surface area contributed by atoms with Gasteiger partial charge < -0.3 is 15.2 Å². The van der Waals surface area contributed by atoms with Crippen LogP contribution in [0.2, 0.25) is 10.0 Å². The molecule has 0 bridgehead atoms. The highest BCUT2D eigenvalue weighted by molar-refractivity contribution is 6.35. The Balaban J connectivity index is 2.57. The molecular weight excluding hydrogens is 273 g/mol. The molecule has 0 saturated carbocycles. The Labute approximate surface area is 116 Å². The topological polar surface area (TPSA) is 55.7 Å². The molecule has 0 aliphatic carbocycles. The maximum absolute atomic E-state index is 11.4. The van der Waals surface area contributed by atoms with Crippen molar-refractivity contribution in [1.82, 2.24) is 0 Å². The minimum absolute atomic E-state index is 0.125. The van der Waals surface area contributed by atoms with E-state index in [0.717, 1.165) is 5.56 Å². The van der Waals surface area contributed by atoms with Crippen molar-refractivity contribution in [3.63, 3.8) is 0 Å². The summed E-state index contributed by atoms with van der Waals surface area (Å²) in [7, 11) is 0. The molecule has 3 nitrogen and oxygen atoms in total. The molecule has 98 valence electrons. The van der Waals surface area contributed by atoms with E-state index in [0.29, 0.717) is 29.4 Å². The summed E-state index contributed by atoms with van der Waals surface area (Å²) in [6.07, 6.45) is 4.34. The van der Waals surface area contributed by atoms with Crippen LogP contribution >= 0.6 is 23.2 Å². The van der Waals surface area contributed by atoms with Crippen molar-refractivity contribution in [2.24, 2.45) is 4.99 Å². The summed E-state index contributed by atoms with van der Waals surface area (Å²) in [6.45, 7) is 0.554. The smallest absolute Gasteiger partial charge is 0.0493 e. The van der Waals surface area contributed by atoms with E-state index in [4.69, 9.17) is 28.3 Å². The van der Waals surface area contributed by atoms with Crippen LogP contribution in [0.3, 0.4) is 0 Å². The van der Waals surface area contributed by atoms with Gasteiger partial charge in [0.05, 0.1) is 0 Å². The van der Waals surface area contributed by atoms with Gasteiger partial charge in [0.1, 0.15) is 0 Å². The monoisotopic (exact) mass is 286 g/mol. The zero-order chi connectivity index (χ0) is 13.4. The minimum Gasteiger partial charge on any atom is -0.859 e. The lowest BCUT2D eigenvalue weighted by Gasteiger charge is -2.05. The molecule has 0 aliphatic heterocycles. The third-order valence-corrected chi connectivity index (χ3v) is 2.76. The lowest BCUT2D eigenvalue weighted by atomic mass is 10.2. The number of rotatable bonds is 6. The Kier molecular flexibility index (Phi) is 6.80. The summed E-state index contributed by atoms with van der Waals surface area (Å²) in [5.41, 5.74) is 0.722. The molecule has 0 atom stereocenters. The molecule has 1 rings (SSSR count). The Morgan fingerprint density at radius 1 is 1.33 bits per heavy atom. The number of hydrogen-bond donors (Lipinski definition) is 1. The molecule has 0 saturated heterocycles. The van der Waals surface area contributed by atoms with E-state index in [1.54, 1.807) is 24.3 Å². The number of aliphatic hydroxyl groups is 1. The van der Waals surface area contributed by atoms with Crippen LogP contribution in [0.15, 0.2) is 29.3 Å². The molecular formula is C13H14Cl2NO2-. The molecule has 0 aliphatic rings. The fraction of sp³-hybridized carbons (Fsp3) is 0.308. The van der Waals surface area contributed by atoms with E-state index in [-0.39, 0.29) is 12.5 Å².